The molecule has 4 aromatic rings. The summed E-state index contributed by atoms with van der Waals surface area (Å²) in [5, 5.41) is 11.1. The van der Waals surface area contributed by atoms with E-state index < -0.39 is 6.17 Å². The molecule has 4 rings (SSSR count). The fourth-order valence-electron chi connectivity index (χ4n) is 2.99. The molecule has 0 aliphatic heterocycles. The number of hydrogen-bond acceptors (Lipinski definition) is 4. The molecule has 0 fully saturated rings. The lowest BCUT2D eigenvalue weighted by molar-refractivity contribution is 0.0808. The zero-order valence-corrected chi connectivity index (χ0v) is 15.2. The number of nitrogens with one attached hydrogen (secondary N) is 1. The Morgan fingerprint density at radius 2 is 1.54 bits per heavy atom. The number of rotatable bonds is 5. The van der Waals surface area contributed by atoms with E-state index in [1.165, 1.54) is 4.68 Å². The Kier molecular flexibility index (Phi) is 4.68. The molecular formula is C22H18N4O2. The van der Waals surface area contributed by atoms with Crippen LogP contribution in [-0.2, 0) is 0 Å². The third-order valence-electron chi connectivity index (χ3n) is 4.51. The molecule has 138 valence electrons. The van der Waals surface area contributed by atoms with Gasteiger partial charge < -0.3 is 5.32 Å². The molecule has 6 nitrogen and oxygen atoms in total. The van der Waals surface area contributed by atoms with Crippen molar-refractivity contribution in [3.05, 3.63) is 95.6 Å². The lowest BCUT2D eigenvalue weighted by atomic mass is 10.1. The van der Waals surface area contributed by atoms with Crippen LogP contribution in [-0.4, -0.2) is 26.7 Å². The van der Waals surface area contributed by atoms with Gasteiger partial charge in [0.15, 0.2) is 6.17 Å². The van der Waals surface area contributed by atoms with E-state index in [0.717, 1.165) is 5.56 Å². The largest absolute Gasteiger partial charge is 0.324 e. The maximum absolute atomic E-state index is 13.3. The van der Waals surface area contributed by atoms with Crippen molar-refractivity contribution in [1.82, 2.24) is 20.3 Å². The summed E-state index contributed by atoms with van der Waals surface area (Å²) in [4.78, 5) is 26.0. The van der Waals surface area contributed by atoms with Gasteiger partial charge in [0.1, 0.15) is 5.52 Å². The Labute approximate surface area is 161 Å². The van der Waals surface area contributed by atoms with Crippen molar-refractivity contribution < 1.29 is 9.59 Å². The molecule has 3 aromatic carbocycles. The van der Waals surface area contributed by atoms with Crippen LogP contribution in [0.15, 0.2) is 78.9 Å². The van der Waals surface area contributed by atoms with E-state index in [9.17, 15) is 9.59 Å². The van der Waals surface area contributed by atoms with Gasteiger partial charge in [0.25, 0.3) is 5.91 Å². The second-order valence-electron chi connectivity index (χ2n) is 6.50. The van der Waals surface area contributed by atoms with Crippen molar-refractivity contribution in [3.8, 4) is 0 Å². The number of amides is 1. The minimum absolute atomic E-state index is 0.264. The minimum atomic E-state index is -1.01. The number of carbonyl (C=O) groups excluding carboxylic acids is 2. The molecule has 0 aliphatic carbocycles. The van der Waals surface area contributed by atoms with Gasteiger partial charge in [-0.3, -0.25) is 9.59 Å². The van der Waals surface area contributed by atoms with Crippen molar-refractivity contribution in [2.24, 2.45) is 0 Å². The van der Waals surface area contributed by atoms with Gasteiger partial charge >= 0.3 is 0 Å². The molecule has 6 heteroatoms. The predicted molar refractivity (Wildman–Crippen MR) is 106 cm³/mol. The smallest absolute Gasteiger partial charge is 0.253 e. The number of para-hydroxylation sites is 1. The van der Waals surface area contributed by atoms with Crippen molar-refractivity contribution in [1.29, 1.82) is 0 Å². The highest BCUT2D eigenvalue weighted by molar-refractivity contribution is 6.03. The second kappa shape index (κ2) is 7.44. The minimum Gasteiger partial charge on any atom is -0.324 e. The van der Waals surface area contributed by atoms with Gasteiger partial charge in [-0.2, -0.15) is 0 Å². The third-order valence-corrected chi connectivity index (χ3v) is 4.51. The number of aryl methyl sites for hydroxylation is 1. The molecule has 1 heterocycles. The molecule has 28 heavy (non-hydrogen) atoms. The maximum Gasteiger partial charge on any atom is 0.253 e. The van der Waals surface area contributed by atoms with Crippen LogP contribution in [0.3, 0.4) is 0 Å². The van der Waals surface area contributed by atoms with E-state index in [1.807, 2.05) is 49.4 Å². The fraction of sp³-hybridized carbons (Fsp3) is 0.0909. The monoisotopic (exact) mass is 370 g/mol. The van der Waals surface area contributed by atoms with Crippen LogP contribution in [0.5, 0.6) is 0 Å². The Hall–Kier alpha value is -3.80. The lowest BCUT2D eigenvalue weighted by Gasteiger charge is -2.19. The molecule has 0 bridgehead atoms. The van der Waals surface area contributed by atoms with Gasteiger partial charge in [-0.1, -0.05) is 65.4 Å². The van der Waals surface area contributed by atoms with Crippen LogP contribution in [0.25, 0.3) is 11.0 Å². The van der Waals surface area contributed by atoms with Crippen molar-refractivity contribution >= 4 is 22.7 Å². The van der Waals surface area contributed by atoms with Crippen molar-refractivity contribution in [2.45, 2.75) is 13.1 Å². The summed E-state index contributed by atoms with van der Waals surface area (Å²) < 4.78 is 1.46. The number of ketones is 1. The van der Waals surface area contributed by atoms with E-state index in [4.69, 9.17) is 0 Å². The van der Waals surface area contributed by atoms with E-state index >= 15 is 0 Å². The van der Waals surface area contributed by atoms with Crippen LogP contribution in [0, 0.1) is 6.92 Å². The average Bonchev–Trinajstić information content (AvgIpc) is 3.16. The molecule has 0 saturated carbocycles. The molecule has 0 saturated heterocycles. The molecule has 0 aliphatic rings. The number of Topliss-reactive ketones (excluding diaryl/α,β-unsaturated/α-hetero) is 1. The van der Waals surface area contributed by atoms with Crippen LogP contribution in [0.4, 0.5) is 0 Å². The van der Waals surface area contributed by atoms with Crippen molar-refractivity contribution in [2.75, 3.05) is 0 Å². The molecular weight excluding hydrogens is 352 g/mol. The first-order valence-electron chi connectivity index (χ1n) is 8.90. The number of nitrogens with zero attached hydrogens (tertiary/aromatic N) is 3. The van der Waals surface area contributed by atoms with Gasteiger partial charge in [-0.05, 0) is 31.2 Å². The number of benzene rings is 3. The number of carbonyl (C=O) groups is 2. The summed E-state index contributed by atoms with van der Waals surface area (Å²) in [6.07, 6.45) is -1.01. The summed E-state index contributed by atoms with van der Waals surface area (Å²) in [5.41, 5.74) is 3.32. The summed E-state index contributed by atoms with van der Waals surface area (Å²) >= 11 is 0. The highest BCUT2D eigenvalue weighted by Gasteiger charge is 2.27. The molecule has 0 spiro atoms. The molecule has 1 unspecified atom stereocenters. The Bertz CT molecular complexity index is 1130. The second-order valence-corrected chi connectivity index (χ2v) is 6.50. The van der Waals surface area contributed by atoms with Gasteiger partial charge in [0.2, 0.25) is 5.78 Å². The van der Waals surface area contributed by atoms with Gasteiger partial charge in [-0.15, -0.1) is 5.10 Å². The van der Waals surface area contributed by atoms with E-state index in [-0.39, 0.29) is 11.7 Å². The third kappa shape index (κ3) is 3.40. The van der Waals surface area contributed by atoms with Crippen LogP contribution in [0.2, 0.25) is 0 Å². The molecule has 0 radical (unpaired) electrons. The maximum atomic E-state index is 13.3. The van der Waals surface area contributed by atoms with E-state index in [2.05, 4.69) is 15.6 Å². The topological polar surface area (TPSA) is 76.9 Å². The van der Waals surface area contributed by atoms with Gasteiger partial charge in [0, 0.05) is 11.1 Å². The summed E-state index contributed by atoms with van der Waals surface area (Å²) in [7, 11) is 0. The Morgan fingerprint density at radius 1 is 0.857 bits per heavy atom. The summed E-state index contributed by atoms with van der Waals surface area (Å²) in [5.74, 6) is -0.620. The zero-order chi connectivity index (χ0) is 19.5. The van der Waals surface area contributed by atoms with Crippen LogP contribution >= 0.6 is 0 Å². The van der Waals surface area contributed by atoms with Crippen LogP contribution < -0.4 is 5.32 Å². The Morgan fingerprint density at radius 3 is 2.29 bits per heavy atom. The van der Waals surface area contributed by atoms with E-state index in [1.54, 1.807) is 36.4 Å². The predicted octanol–water partition coefficient (Wildman–Crippen LogP) is 3.55. The quantitative estimate of drug-likeness (QED) is 0.545. The summed E-state index contributed by atoms with van der Waals surface area (Å²) in [6.45, 7) is 1.95. The molecule has 1 aromatic heterocycles. The van der Waals surface area contributed by atoms with Crippen LogP contribution in [0.1, 0.15) is 32.4 Å². The average molecular weight is 370 g/mol. The SMILES string of the molecule is Cc1ccc(C(=O)C(NC(=O)c2ccccc2)n2nnc3ccccc32)cc1. The Balaban J connectivity index is 1.75. The fourth-order valence-corrected chi connectivity index (χ4v) is 2.99. The highest BCUT2D eigenvalue weighted by atomic mass is 16.2. The van der Waals surface area contributed by atoms with Gasteiger partial charge in [0.05, 0.1) is 5.52 Å². The first-order valence-corrected chi connectivity index (χ1v) is 8.90. The standard InChI is InChI=1S/C22H18N4O2/c1-15-11-13-16(14-12-15)20(27)21(23-22(28)17-7-3-2-4-8-17)26-19-10-6-5-9-18(19)24-25-26/h2-14,21H,1H3,(H,23,28). The zero-order valence-electron chi connectivity index (χ0n) is 15.2. The highest BCUT2D eigenvalue weighted by Crippen LogP contribution is 2.19. The summed E-state index contributed by atoms with van der Waals surface area (Å²) in [6, 6.07) is 23.3. The molecule has 1 N–H and O–H groups in total. The first kappa shape index (κ1) is 17.6. The van der Waals surface area contributed by atoms with Gasteiger partial charge in [-0.25, -0.2) is 4.68 Å². The normalized spacial score (nSPS) is 11.9. The number of aromatic nitrogens is 3. The molecule has 1 amide bonds. The first-order chi connectivity index (χ1) is 13.6. The van der Waals surface area contributed by atoms with E-state index in [0.29, 0.717) is 22.2 Å². The number of fused-ring (bicyclic) bond motifs is 1. The lowest BCUT2D eigenvalue weighted by Crippen LogP contribution is -2.38. The molecule has 1 atom stereocenters. The number of hydrogen-bond donors (Lipinski definition) is 1. The van der Waals surface area contributed by atoms with Crippen molar-refractivity contribution in [3.63, 3.8) is 0 Å².